The summed E-state index contributed by atoms with van der Waals surface area (Å²) in [6, 6.07) is 5.63. The predicted octanol–water partition coefficient (Wildman–Crippen LogP) is 2.52. The van der Waals surface area contributed by atoms with E-state index in [1.54, 1.807) is 20.5 Å². The molecule has 0 atom stereocenters. The van der Waals surface area contributed by atoms with Crippen molar-refractivity contribution in [1.82, 2.24) is 19.9 Å². The smallest absolute Gasteiger partial charge is 0.181 e. The van der Waals surface area contributed by atoms with E-state index >= 15 is 0 Å². The normalized spacial score (nSPS) is 10.7. The number of imidazole rings is 1. The van der Waals surface area contributed by atoms with Crippen LogP contribution in [-0.2, 0) is 0 Å². The first-order valence-electron chi connectivity index (χ1n) is 5.86. The molecule has 0 aliphatic carbocycles. The minimum absolute atomic E-state index is 0.643. The van der Waals surface area contributed by atoms with Gasteiger partial charge in [-0.2, -0.15) is 0 Å². The second-order valence-corrected chi connectivity index (χ2v) is 4.93. The second kappa shape index (κ2) is 5.38. The van der Waals surface area contributed by atoms with E-state index in [2.05, 4.69) is 19.9 Å². The molecule has 2 heterocycles. The number of ether oxygens (including phenoxy) is 2. The Bertz CT molecular complexity index is 744. The lowest BCUT2D eigenvalue weighted by molar-refractivity contribution is 0.394. The van der Waals surface area contributed by atoms with Crippen LogP contribution in [0.15, 0.2) is 40.8 Å². The van der Waals surface area contributed by atoms with Crippen molar-refractivity contribution in [3.05, 3.63) is 30.9 Å². The van der Waals surface area contributed by atoms with Gasteiger partial charge in [0.2, 0.25) is 0 Å². The van der Waals surface area contributed by atoms with Crippen LogP contribution in [0, 0.1) is 0 Å². The summed E-state index contributed by atoms with van der Waals surface area (Å²) in [6.45, 7) is 0. The number of methoxy groups -OCH3 is 2. The molecule has 2 aromatic heterocycles. The molecule has 0 radical (unpaired) electrons. The first-order valence-corrected chi connectivity index (χ1v) is 6.67. The molecular weight excluding hydrogens is 276 g/mol. The lowest BCUT2D eigenvalue weighted by Crippen LogP contribution is -1.91. The van der Waals surface area contributed by atoms with Crippen LogP contribution in [0.2, 0.25) is 0 Å². The highest BCUT2D eigenvalue weighted by Gasteiger charge is 2.12. The van der Waals surface area contributed by atoms with Crippen molar-refractivity contribution < 1.29 is 9.47 Å². The fourth-order valence-electron chi connectivity index (χ4n) is 1.79. The molecule has 0 amide bonds. The summed E-state index contributed by atoms with van der Waals surface area (Å²) < 4.78 is 10.6. The van der Waals surface area contributed by atoms with E-state index in [1.165, 1.54) is 18.1 Å². The first-order chi connectivity index (χ1) is 9.81. The highest BCUT2D eigenvalue weighted by atomic mass is 32.2. The number of fused-ring (bicyclic) bond motifs is 1. The standard InChI is InChI=1S/C13H12N4O2S/c1-18-8-3-4-9(19-2)10(5-8)20-13-11-12(15-6-14-11)16-7-17-13/h3-7H,1-2H3,(H,14,15,16,17). The summed E-state index contributed by atoms with van der Waals surface area (Å²) in [5.41, 5.74) is 1.45. The zero-order chi connectivity index (χ0) is 13.9. The Morgan fingerprint density at radius 1 is 1.10 bits per heavy atom. The molecular formula is C13H12N4O2S. The third kappa shape index (κ3) is 2.27. The minimum atomic E-state index is 0.643. The number of nitrogens with zero attached hydrogens (tertiary/aromatic N) is 3. The molecule has 20 heavy (non-hydrogen) atoms. The van der Waals surface area contributed by atoms with E-state index in [4.69, 9.17) is 9.47 Å². The van der Waals surface area contributed by atoms with Gasteiger partial charge in [-0.05, 0) is 18.2 Å². The largest absolute Gasteiger partial charge is 0.497 e. The molecule has 0 aliphatic heterocycles. The van der Waals surface area contributed by atoms with Gasteiger partial charge in [-0.15, -0.1) is 0 Å². The van der Waals surface area contributed by atoms with E-state index in [0.717, 1.165) is 26.9 Å². The van der Waals surface area contributed by atoms with Crippen LogP contribution in [0.1, 0.15) is 0 Å². The van der Waals surface area contributed by atoms with Crippen LogP contribution in [0.3, 0.4) is 0 Å². The molecule has 6 nitrogen and oxygen atoms in total. The number of H-pyrrole nitrogens is 1. The van der Waals surface area contributed by atoms with Gasteiger partial charge >= 0.3 is 0 Å². The Labute approximate surface area is 119 Å². The van der Waals surface area contributed by atoms with Crippen molar-refractivity contribution in [2.45, 2.75) is 9.92 Å². The molecule has 0 fully saturated rings. The van der Waals surface area contributed by atoms with E-state index in [1.807, 2.05) is 18.2 Å². The highest BCUT2D eigenvalue weighted by Crippen LogP contribution is 2.38. The van der Waals surface area contributed by atoms with Gasteiger partial charge in [-0.1, -0.05) is 11.8 Å². The lowest BCUT2D eigenvalue weighted by Gasteiger charge is -2.09. The molecule has 0 saturated carbocycles. The molecule has 0 aliphatic rings. The third-order valence-corrected chi connectivity index (χ3v) is 3.81. The van der Waals surface area contributed by atoms with Gasteiger partial charge in [0.25, 0.3) is 0 Å². The molecule has 0 unspecified atom stereocenters. The fourth-order valence-corrected chi connectivity index (χ4v) is 2.78. The van der Waals surface area contributed by atoms with E-state index in [0.29, 0.717) is 5.65 Å². The Morgan fingerprint density at radius 3 is 2.80 bits per heavy atom. The molecule has 1 N–H and O–H groups in total. The molecule has 1 aromatic carbocycles. The monoisotopic (exact) mass is 288 g/mol. The van der Waals surface area contributed by atoms with Gasteiger partial charge < -0.3 is 14.5 Å². The summed E-state index contributed by atoms with van der Waals surface area (Å²) >= 11 is 1.48. The van der Waals surface area contributed by atoms with Crippen LogP contribution in [0.25, 0.3) is 11.2 Å². The number of hydrogen-bond acceptors (Lipinski definition) is 6. The van der Waals surface area contributed by atoms with Crippen molar-refractivity contribution in [2.24, 2.45) is 0 Å². The SMILES string of the molecule is COc1ccc(OC)c(Sc2ncnc3nc[nH]c23)c1. The Hall–Kier alpha value is -2.28. The number of hydrogen-bond donors (Lipinski definition) is 1. The third-order valence-electron chi connectivity index (χ3n) is 2.77. The maximum absolute atomic E-state index is 5.36. The van der Waals surface area contributed by atoms with Crippen molar-refractivity contribution >= 4 is 22.9 Å². The van der Waals surface area contributed by atoms with Gasteiger partial charge in [-0.3, -0.25) is 0 Å². The van der Waals surface area contributed by atoms with E-state index in [9.17, 15) is 0 Å². The molecule has 7 heteroatoms. The van der Waals surface area contributed by atoms with E-state index in [-0.39, 0.29) is 0 Å². The van der Waals surface area contributed by atoms with Crippen LogP contribution < -0.4 is 9.47 Å². The van der Waals surface area contributed by atoms with Gasteiger partial charge in [0.15, 0.2) is 5.65 Å². The zero-order valence-electron chi connectivity index (χ0n) is 11.0. The number of rotatable bonds is 4. The van der Waals surface area contributed by atoms with Crippen LogP contribution >= 0.6 is 11.8 Å². The summed E-state index contributed by atoms with van der Waals surface area (Å²) in [5.74, 6) is 1.53. The molecule has 0 saturated heterocycles. The number of nitrogens with one attached hydrogen (secondary N) is 1. The topological polar surface area (TPSA) is 72.9 Å². The van der Waals surface area contributed by atoms with Gasteiger partial charge in [0, 0.05) is 0 Å². The summed E-state index contributed by atoms with van der Waals surface area (Å²) in [5, 5.41) is 0.791. The molecule has 3 aromatic rings. The highest BCUT2D eigenvalue weighted by molar-refractivity contribution is 7.99. The van der Waals surface area contributed by atoms with Gasteiger partial charge in [0.1, 0.15) is 28.4 Å². The van der Waals surface area contributed by atoms with Crippen LogP contribution in [0.5, 0.6) is 11.5 Å². The minimum Gasteiger partial charge on any atom is -0.497 e. The molecule has 0 spiro atoms. The quantitative estimate of drug-likeness (QED) is 0.744. The maximum atomic E-state index is 5.36. The average molecular weight is 288 g/mol. The van der Waals surface area contributed by atoms with Crippen molar-refractivity contribution in [3.63, 3.8) is 0 Å². The average Bonchev–Trinajstić information content (AvgIpc) is 2.96. The fraction of sp³-hybridized carbons (Fsp3) is 0.154. The Balaban J connectivity index is 2.04. The Morgan fingerprint density at radius 2 is 2.00 bits per heavy atom. The summed E-state index contributed by atoms with van der Waals surface area (Å²) in [7, 11) is 3.27. The maximum Gasteiger partial charge on any atom is 0.181 e. The van der Waals surface area contributed by atoms with Crippen molar-refractivity contribution in [1.29, 1.82) is 0 Å². The van der Waals surface area contributed by atoms with Gasteiger partial charge in [-0.25, -0.2) is 15.0 Å². The molecule has 102 valence electrons. The lowest BCUT2D eigenvalue weighted by atomic mass is 10.3. The number of benzene rings is 1. The summed E-state index contributed by atoms with van der Waals surface area (Å²) in [4.78, 5) is 16.5. The van der Waals surface area contributed by atoms with Gasteiger partial charge in [0.05, 0.1) is 25.4 Å². The number of aromatic nitrogens is 4. The second-order valence-electron chi connectivity index (χ2n) is 3.90. The molecule has 3 rings (SSSR count). The number of aromatic amines is 1. The molecule has 0 bridgehead atoms. The predicted molar refractivity (Wildman–Crippen MR) is 75.4 cm³/mol. The van der Waals surface area contributed by atoms with Crippen molar-refractivity contribution in [3.8, 4) is 11.5 Å². The zero-order valence-corrected chi connectivity index (χ0v) is 11.8. The van der Waals surface area contributed by atoms with Crippen molar-refractivity contribution in [2.75, 3.05) is 14.2 Å². The van der Waals surface area contributed by atoms with E-state index < -0.39 is 0 Å². The first kappa shape index (κ1) is 12.7. The summed E-state index contributed by atoms with van der Waals surface area (Å²) in [6.07, 6.45) is 3.10. The Kier molecular flexibility index (Phi) is 3.42. The van der Waals surface area contributed by atoms with Crippen LogP contribution in [-0.4, -0.2) is 34.2 Å². The van der Waals surface area contributed by atoms with Crippen LogP contribution in [0.4, 0.5) is 0 Å².